The van der Waals surface area contributed by atoms with Crippen LogP contribution >= 0.6 is 0 Å². The van der Waals surface area contributed by atoms with Crippen molar-refractivity contribution in [2.24, 2.45) is 0 Å². The lowest BCUT2D eigenvalue weighted by atomic mass is 9.85. The van der Waals surface area contributed by atoms with Crippen molar-refractivity contribution < 1.29 is 23.9 Å². The van der Waals surface area contributed by atoms with E-state index < -0.39 is 23.2 Å². The monoisotopic (exact) mass is 326 g/mol. The Morgan fingerprint density at radius 3 is 2.35 bits per heavy atom. The third kappa shape index (κ3) is 3.59. The van der Waals surface area contributed by atoms with Gasteiger partial charge in [0.15, 0.2) is 0 Å². The zero-order valence-electron chi connectivity index (χ0n) is 14.4. The number of esters is 1. The van der Waals surface area contributed by atoms with Crippen LogP contribution in [0.25, 0.3) is 0 Å². The zero-order chi connectivity index (χ0) is 17.3. The summed E-state index contributed by atoms with van der Waals surface area (Å²) in [6.45, 7) is 6.36. The molecule has 1 atom stereocenters. The molecule has 0 aromatic heterocycles. The highest BCUT2D eigenvalue weighted by Crippen LogP contribution is 2.39. The van der Waals surface area contributed by atoms with Crippen LogP contribution < -0.4 is 0 Å². The summed E-state index contributed by atoms with van der Waals surface area (Å²) < 4.78 is 10.1. The van der Waals surface area contributed by atoms with Gasteiger partial charge in [-0.2, -0.15) is 0 Å². The number of rotatable bonds is 2. The second-order valence-electron chi connectivity index (χ2n) is 7.17. The molecule has 2 rings (SSSR count). The van der Waals surface area contributed by atoms with E-state index >= 15 is 0 Å². The molecule has 0 radical (unpaired) electrons. The molecule has 2 heterocycles. The molecule has 0 bridgehead atoms. The van der Waals surface area contributed by atoms with Gasteiger partial charge >= 0.3 is 12.1 Å². The molecule has 0 unspecified atom stereocenters. The average Bonchev–Trinajstić information content (AvgIpc) is 2.87. The van der Waals surface area contributed by atoms with Crippen LogP contribution in [0.1, 0.15) is 46.5 Å². The third-order valence-electron chi connectivity index (χ3n) is 4.35. The van der Waals surface area contributed by atoms with Crippen molar-refractivity contribution in [1.29, 1.82) is 0 Å². The quantitative estimate of drug-likeness (QED) is 0.720. The van der Waals surface area contributed by atoms with Crippen molar-refractivity contribution in [3.05, 3.63) is 0 Å². The maximum Gasteiger partial charge on any atom is 0.411 e. The van der Waals surface area contributed by atoms with Gasteiger partial charge in [-0.25, -0.2) is 4.79 Å². The summed E-state index contributed by atoms with van der Waals surface area (Å²) in [7, 11) is 1.30. The first-order valence-electron chi connectivity index (χ1n) is 8.06. The summed E-state index contributed by atoms with van der Waals surface area (Å²) in [5.74, 6) is -0.616. The predicted octanol–water partition coefficient (Wildman–Crippen LogP) is 1.55. The molecule has 2 amide bonds. The van der Waals surface area contributed by atoms with Gasteiger partial charge in [-0.15, -0.1) is 0 Å². The van der Waals surface area contributed by atoms with E-state index in [1.165, 1.54) is 12.0 Å². The fraction of sp³-hybridized carbons (Fsp3) is 0.812. The number of amides is 2. The Balaban J connectivity index is 2.19. The van der Waals surface area contributed by atoms with Crippen LogP contribution in [0.3, 0.4) is 0 Å². The summed E-state index contributed by atoms with van der Waals surface area (Å²) in [5, 5.41) is 0. The number of carbonyl (C=O) groups excluding carboxylic acids is 3. The van der Waals surface area contributed by atoms with E-state index in [4.69, 9.17) is 4.74 Å². The topological polar surface area (TPSA) is 76.2 Å². The second kappa shape index (κ2) is 6.37. The number of ether oxygens (including phenoxy) is 2. The predicted molar refractivity (Wildman–Crippen MR) is 82.7 cm³/mol. The van der Waals surface area contributed by atoms with E-state index in [9.17, 15) is 14.4 Å². The number of methoxy groups -OCH3 is 1. The van der Waals surface area contributed by atoms with Gasteiger partial charge in [0.05, 0.1) is 7.11 Å². The number of hydrogen-bond acceptors (Lipinski definition) is 5. The Kier molecular flexibility index (Phi) is 4.87. The second-order valence-corrected chi connectivity index (χ2v) is 7.17. The molecule has 0 aliphatic carbocycles. The summed E-state index contributed by atoms with van der Waals surface area (Å²) in [5.41, 5.74) is -1.47. The highest BCUT2D eigenvalue weighted by molar-refractivity contribution is 5.93. The smallest absolute Gasteiger partial charge is 0.411 e. The fourth-order valence-electron chi connectivity index (χ4n) is 3.38. The van der Waals surface area contributed by atoms with Gasteiger partial charge in [0.1, 0.15) is 17.7 Å². The molecular weight excluding hydrogens is 300 g/mol. The normalized spacial score (nSPS) is 25.0. The van der Waals surface area contributed by atoms with Gasteiger partial charge in [0.2, 0.25) is 5.91 Å². The third-order valence-corrected chi connectivity index (χ3v) is 4.35. The van der Waals surface area contributed by atoms with E-state index in [0.717, 1.165) is 12.8 Å². The van der Waals surface area contributed by atoms with Gasteiger partial charge < -0.3 is 14.4 Å². The van der Waals surface area contributed by atoms with E-state index in [2.05, 4.69) is 4.74 Å². The molecule has 23 heavy (non-hydrogen) atoms. The molecule has 2 aliphatic heterocycles. The van der Waals surface area contributed by atoms with Gasteiger partial charge in [0, 0.05) is 13.1 Å². The van der Waals surface area contributed by atoms with Crippen molar-refractivity contribution in [2.45, 2.75) is 57.6 Å². The summed E-state index contributed by atoms with van der Waals surface area (Å²) >= 11 is 0. The van der Waals surface area contributed by atoms with Crippen LogP contribution in [-0.2, 0) is 19.1 Å². The largest absolute Gasteiger partial charge is 0.468 e. The average molecular weight is 326 g/mol. The fourth-order valence-corrected chi connectivity index (χ4v) is 3.38. The van der Waals surface area contributed by atoms with Crippen LogP contribution in [0, 0.1) is 0 Å². The van der Waals surface area contributed by atoms with Crippen LogP contribution in [0.5, 0.6) is 0 Å². The zero-order valence-corrected chi connectivity index (χ0v) is 14.4. The summed E-state index contributed by atoms with van der Waals surface area (Å²) in [6.07, 6.45) is 2.29. The lowest BCUT2D eigenvalue weighted by molar-refractivity contribution is -0.154. The minimum absolute atomic E-state index is 0.0702. The number of carbonyl (C=O) groups is 3. The minimum atomic E-state index is -0.866. The van der Waals surface area contributed by atoms with Gasteiger partial charge in [-0.3, -0.25) is 14.5 Å². The first-order valence-corrected chi connectivity index (χ1v) is 8.06. The molecule has 130 valence electrons. The van der Waals surface area contributed by atoms with Crippen LogP contribution in [0.15, 0.2) is 0 Å². The van der Waals surface area contributed by atoms with E-state index in [-0.39, 0.29) is 12.5 Å². The van der Waals surface area contributed by atoms with Gasteiger partial charge in [0.25, 0.3) is 0 Å². The van der Waals surface area contributed by atoms with Crippen LogP contribution in [-0.4, -0.2) is 65.7 Å². The van der Waals surface area contributed by atoms with Crippen molar-refractivity contribution in [1.82, 2.24) is 9.80 Å². The first-order chi connectivity index (χ1) is 10.7. The molecule has 2 fully saturated rings. The molecule has 7 heteroatoms. The molecule has 1 spiro atoms. The van der Waals surface area contributed by atoms with E-state index in [0.29, 0.717) is 25.9 Å². The standard InChI is InChI=1S/C16H26N2O5/c1-15(2,3)23-14(21)18-10-6-8-16(18)7-5-9-17(13(16)20)11-12(19)22-4/h5-11H2,1-4H3/t16-/m1/s1. The highest BCUT2D eigenvalue weighted by atomic mass is 16.6. The van der Waals surface area contributed by atoms with Crippen molar-refractivity contribution in [3.8, 4) is 0 Å². The Morgan fingerprint density at radius 2 is 1.78 bits per heavy atom. The number of nitrogens with zero attached hydrogens (tertiary/aromatic N) is 2. The van der Waals surface area contributed by atoms with Gasteiger partial charge in [-0.1, -0.05) is 0 Å². The van der Waals surface area contributed by atoms with Gasteiger partial charge in [-0.05, 0) is 46.5 Å². The maximum atomic E-state index is 13.0. The summed E-state index contributed by atoms with van der Waals surface area (Å²) in [4.78, 5) is 40.0. The van der Waals surface area contributed by atoms with Crippen molar-refractivity contribution in [2.75, 3.05) is 26.7 Å². The molecule has 2 saturated heterocycles. The Bertz CT molecular complexity index is 499. The van der Waals surface area contributed by atoms with E-state index in [1.807, 2.05) is 0 Å². The Morgan fingerprint density at radius 1 is 1.17 bits per heavy atom. The molecule has 0 aromatic rings. The van der Waals surface area contributed by atoms with Crippen LogP contribution in [0.2, 0.25) is 0 Å². The summed E-state index contributed by atoms with van der Waals surface area (Å²) in [6, 6.07) is 0. The van der Waals surface area contributed by atoms with Crippen molar-refractivity contribution >= 4 is 18.0 Å². The van der Waals surface area contributed by atoms with E-state index in [1.54, 1.807) is 25.7 Å². The molecule has 0 N–H and O–H groups in total. The van der Waals surface area contributed by atoms with Crippen LogP contribution in [0.4, 0.5) is 4.79 Å². The van der Waals surface area contributed by atoms with Crippen molar-refractivity contribution in [3.63, 3.8) is 0 Å². The molecule has 2 aliphatic rings. The first kappa shape index (κ1) is 17.6. The molecule has 0 saturated carbocycles. The minimum Gasteiger partial charge on any atom is -0.468 e. The highest BCUT2D eigenvalue weighted by Gasteiger charge is 2.54. The number of likely N-dealkylation sites (tertiary alicyclic amines) is 2. The molecule has 0 aromatic carbocycles. The number of piperidine rings is 1. The SMILES string of the molecule is COC(=O)CN1CCC[C@@]2(CCCN2C(=O)OC(C)(C)C)C1=O. The lowest BCUT2D eigenvalue weighted by Crippen LogP contribution is -2.62. The Labute approximate surface area is 136 Å². The molecular formula is C16H26N2O5. The number of hydrogen-bond donors (Lipinski definition) is 0. The molecule has 7 nitrogen and oxygen atoms in total. The Hall–Kier alpha value is -1.79. The lowest BCUT2D eigenvalue weighted by Gasteiger charge is -2.44. The maximum absolute atomic E-state index is 13.0.